The number of benzene rings is 1. The van der Waals surface area contributed by atoms with Crippen LogP contribution in [0.3, 0.4) is 0 Å². The maximum Gasteiger partial charge on any atom is 0.238 e. The Balaban J connectivity index is 1.40. The number of aryl methyl sites for hydroxylation is 1. The van der Waals surface area contributed by atoms with Gasteiger partial charge in [0.15, 0.2) is 0 Å². The molecule has 156 valence electrons. The first-order chi connectivity index (χ1) is 14.0. The van der Waals surface area contributed by atoms with Crippen molar-refractivity contribution >= 4 is 23.2 Å². The molecule has 0 saturated carbocycles. The maximum absolute atomic E-state index is 12.4. The summed E-state index contributed by atoms with van der Waals surface area (Å²) in [7, 11) is 0. The first-order valence-electron chi connectivity index (χ1n) is 10.2. The summed E-state index contributed by atoms with van der Waals surface area (Å²) in [6.45, 7) is 9.59. The van der Waals surface area contributed by atoms with E-state index in [2.05, 4.69) is 36.9 Å². The van der Waals surface area contributed by atoms with Crippen molar-refractivity contribution in [1.82, 2.24) is 19.4 Å². The minimum Gasteiger partial charge on any atom is -0.334 e. The quantitative estimate of drug-likeness (QED) is 0.707. The van der Waals surface area contributed by atoms with Crippen molar-refractivity contribution in [2.75, 3.05) is 49.9 Å². The van der Waals surface area contributed by atoms with Gasteiger partial charge in [0.05, 0.1) is 6.54 Å². The summed E-state index contributed by atoms with van der Waals surface area (Å²) < 4.78 is 2.22. The summed E-state index contributed by atoms with van der Waals surface area (Å²) >= 11 is 0. The Labute approximate surface area is 171 Å². The molecule has 29 heavy (non-hydrogen) atoms. The molecule has 1 fully saturated rings. The number of aromatic nitrogens is 2. The van der Waals surface area contributed by atoms with Crippen LogP contribution in [-0.4, -0.2) is 70.4 Å². The van der Waals surface area contributed by atoms with Gasteiger partial charge in [0.1, 0.15) is 5.82 Å². The van der Waals surface area contributed by atoms with E-state index < -0.39 is 0 Å². The zero-order valence-electron chi connectivity index (χ0n) is 17.2. The number of rotatable bonds is 8. The zero-order chi connectivity index (χ0) is 20.6. The minimum atomic E-state index is -0.134. The van der Waals surface area contributed by atoms with Crippen LogP contribution in [0.4, 0.5) is 11.4 Å². The van der Waals surface area contributed by atoms with Crippen LogP contribution in [0.2, 0.25) is 0 Å². The van der Waals surface area contributed by atoms with E-state index in [1.54, 1.807) is 12.1 Å². The number of nitrogens with one attached hydrogen (secondary N) is 2. The summed E-state index contributed by atoms with van der Waals surface area (Å²) in [5.74, 6) is 0.956. The van der Waals surface area contributed by atoms with Gasteiger partial charge in [0, 0.05) is 76.4 Å². The smallest absolute Gasteiger partial charge is 0.238 e. The summed E-state index contributed by atoms with van der Waals surface area (Å²) in [6.07, 6.45) is 4.85. The predicted molar refractivity (Wildman–Crippen MR) is 114 cm³/mol. The number of carbonyl (C=O) groups excluding carboxylic acids is 2. The molecule has 1 aliphatic heterocycles. The normalized spacial score (nSPS) is 15.2. The molecule has 1 aliphatic rings. The Morgan fingerprint density at radius 3 is 2.41 bits per heavy atom. The molecule has 0 aliphatic carbocycles. The van der Waals surface area contributed by atoms with Gasteiger partial charge in [-0.3, -0.25) is 19.4 Å². The Morgan fingerprint density at radius 2 is 1.72 bits per heavy atom. The third-order valence-electron chi connectivity index (χ3n) is 5.07. The molecule has 0 unspecified atom stereocenters. The van der Waals surface area contributed by atoms with E-state index in [1.165, 1.54) is 6.92 Å². The van der Waals surface area contributed by atoms with Gasteiger partial charge in [-0.05, 0) is 18.2 Å². The average Bonchev–Trinajstić information content (AvgIpc) is 3.15. The molecule has 8 nitrogen and oxygen atoms in total. The van der Waals surface area contributed by atoms with Gasteiger partial charge in [0.2, 0.25) is 11.8 Å². The number of hydrogen-bond donors (Lipinski definition) is 2. The van der Waals surface area contributed by atoms with Gasteiger partial charge >= 0.3 is 0 Å². The second kappa shape index (κ2) is 10.2. The lowest BCUT2D eigenvalue weighted by molar-refractivity contribution is -0.117. The highest BCUT2D eigenvalue weighted by Gasteiger charge is 2.19. The fraction of sp³-hybridized carbons (Fsp3) is 0.476. The van der Waals surface area contributed by atoms with E-state index in [4.69, 9.17) is 0 Å². The average molecular weight is 399 g/mol. The second-order valence-electron chi connectivity index (χ2n) is 7.32. The van der Waals surface area contributed by atoms with E-state index in [0.29, 0.717) is 17.9 Å². The first kappa shape index (κ1) is 21.0. The monoisotopic (exact) mass is 398 g/mol. The Morgan fingerprint density at radius 1 is 1.03 bits per heavy atom. The molecule has 0 spiro atoms. The van der Waals surface area contributed by atoms with Crippen molar-refractivity contribution in [1.29, 1.82) is 0 Å². The van der Waals surface area contributed by atoms with Crippen LogP contribution in [0.1, 0.15) is 19.7 Å². The van der Waals surface area contributed by atoms with E-state index in [-0.39, 0.29) is 11.8 Å². The van der Waals surface area contributed by atoms with Crippen molar-refractivity contribution in [3.8, 4) is 0 Å². The van der Waals surface area contributed by atoms with Gasteiger partial charge in [-0.15, -0.1) is 0 Å². The van der Waals surface area contributed by atoms with Gasteiger partial charge in [-0.1, -0.05) is 13.0 Å². The Bertz CT molecular complexity index is 826. The lowest BCUT2D eigenvalue weighted by Crippen LogP contribution is -2.49. The van der Waals surface area contributed by atoms with E-state index in [9.17, 15) is 9.59 Å². The number of imidazole rings is 1. The number of carbonyl (C=O) groups is 2. The van der Waals surface area contributed by atoms with Crippen molar-refractivity contribution in [3.05, 3.63) is 42.5 Å². The van der Waals surface area contributed by atoms with Crippen molar-refractivity contribution in [2.24, 2.45) is 0 Å². The topological polar surface area (TPSA) is 82.5 Å². The molecular formula is C21H30N6O2. The molecule has 0 radical (unpaired) electrons. The Hall–Kier alpha value is -2.71. The van der Waals surface area contributed by atoms with Crippen LogP contribution in [0.15, 0.2) is 36.7 Å². The Kier molecular flexibility index (Phi) is 7.37. The molecule has 2 amide bonds. The summed E-state index contributed by atoms with van der Waals surface area (Å²) in [6, 6.07) is 7.19. The summed E-state index contributed by atoms with van der Waals surface area (Å²) in [4.78, 5) is 32.5. The third-order valence-corrected chi connectivity index (χ3v) is 5.07. The molecule has 3 rings (SSSR count). The van der Waals surface area contributed by atoms with Gasteiger partial charge in [-0.2, -0.15) is 0 Å². The van der Waals surface area contributed by atoms with E-state index in [1.807, 2.05) is 24.5 Å². The molecule has 8 heteroatoms. The summed E-state index contributed by atoms with van der Waals surface area (Å²) in [5.41, 5.74) is 1.36. The molecular weight excluding hydrogens is 368 g/mol. The van der Waals surface area contributed by atoms with Crippen molar-refractivity contribution in [3.63, 3.8) is 0 Å². The number of hydrogen-bond acceptors (Lipinski definition) is 5. The van der Waals surface area contributed by atoms with Crippen LogP contribution >= 0.6 is 0 Å². The van der Waals surface area contributed by atoms with Gasteiger partial charge < -0.3 is 15.2 Å². The number of anilines is 2. The number of nitrogens with zero attached hydrogens (tertiary/aromatic N) is 4. The molecule has 1 saturated heterocycles. The highest BCUT2D eigenvalue weighted by molar-refractivity contribution is 5.94. The highest BCUT2D eigenvalue weighted by atomic mass is 16.2. The van der Waals surface area contributed by atoms with Crippen LogP contribution in [0.5, 0.6) is 0 Å². The number of piperazine rings is 1. The lowest BCUT2D eigenvalue weighted by atomic mass is 10.2. The molecule has 2 N–H and O–H groups in total. The van der Waals surface area contributed by atoms with Gasteiger partial charge in [0.25, 0.3) is 0 Å². The maximum atomic E-state index is 12.4. The molecule has 1 aromatic carbocycles. The lowest BCUT2D eigenvalue weighted by Gasteiger charge is -2.34. The number of amides is 2. The van der Waals surface area contributed by atoms with E-state index >= 15 is 0 Å². The molecule has 2 heterocycles. The molecule has 1 aromatic heterocycles. The third kappa shape index (κ3) is 6.40. The van der Waals surface area contributed by atoms with Crippen LogP contribution in [-0.2, 0) is 22.6 Å². The van der Waals surface area contributed by atoms with E-state index in [0.717, 1.165) is 51.5 Å². The standard InChI is InChI=1S/C21H30N6O2/c1-3-20-22-7-8-27(20)14-13-25-9-11-26(12-10-25)16-21(29)24-19-6-4-5-18(15-19)23-17(2)28/h4-8,15H,3,9-14,16H2,1-2H3,(H,23,28)(H,24,29). The highest BCUT2D eigenvalue weighted by Crippen LogP contribution is 2.15. The molecule has 2 aromatic rings. The molecule has 0 bridgehead atoms. The zero-order valence-corrected chi connectivity index (χ0v) is 17.2. The first-order valence-corrected chi connectivity index (χ1v) is 10.2. The largest absolute Gasteiger partial charge is 0.334 e. The summed E-state index contributed by atoms with van der Waals surface area (Å²) in [5, 5.41) is 5.64. The second-order valence-corrected chi connectivity index (χ2v) is 7.32. The predicted octanol–water partition coefficient (Wildman–Crippen LogP) is 1.66. The van der Waals surface area contributed by atoms with Crippen molar-refractivity contribution < 1.29 is 9.59 Å². The minimum absolute atomic E-state index is 0.0376. The SMILES string of the molecule is CCc1nccn1CCN1CCN(CC(=O)Nc2cccc(NC(C)=O)c2)CC1. The van der Waals surface area contributed by atoms with Crippen molar-refractivity contribution in [2.45, 2.75) is 26.8 Å². The van der Waals surface area contributed by atoms with Crippen LogP contribution in [0, 0.1) is 0 Å². The molecule has 0 atom stereocenters. The fourth-order valence-corrected chi connectivity index (χ4v) is 3.56. The fourth-order valence-electron chi connectivity index (χ4n) is 3.56. The van der Waals surface area contributed by atoms with Crippen LogP contribution in [0.25, 0.3) is 0 Å². The van der Waals surface area contributed by atoms with Crippen LogP contribution < -0.4 is 10.6 Å². The van der Waals surface area contributed by atoms with Gasteiger partial charge in [-0.25, -0.2) is 4.98 Å².